The monoisotopic (exact) mass is 863 g/mol. The zero-order valence-electron chi connectivity index (χ0n) is 36.5. The summed E-state index contributed by atoms with van der Waals surface area (Å²) >= 11 is 0. The van der Waals surface area contributed by atoms with Crippen LogP contribution in [0.1, 0.15) is 101 Å². The zero-order valence-corrected chi connectivity index (χ0v) is 36.5. The molecule has 1 aromatic heterocycles. The molecule has 4 aliphatic heterocycles. The van der Waals surface area contributed by atoms with Crippen molar-refractivity contribution in [3.05, 3.63) is 107 Å². The van der Waals surface area contributed by atoms with E-state index in [1.165, 1.54) is 23.3 Å². The number of benzene rings is 4. The molecule has 0 aliphatic carbocycles. The Morgan fingerprint density at radius 2 is 1.53 bits per heavy atom. The standard InChI is InChI=1S/C50H53N7O7/c1-4-63-45-27-34(7-15-44(45)62-3)42(17-22-51)57-49(60)38-12-8-35(28-41(38)50(57)61)56-25-20-33(21-26-56)32-18-23-55(24-19-32)30-31-5-9-36(10-6-31)64-37-11-13-39-43(29-37)54(2)53-47(39)40-14-16-46(58)52-48(40)59/h5-13,15,27-29,32-33,40,42H,4,14,16-21,23-26,30H2,1-3H3,(H,52,58,59)/t40?,42-/m1/s1. The number of fused-ring (bicyclic) bond motifs is 2. The number of ether oxygens (including phenoxy) is 3. The van der Waals surface area contributed by atoms with E-state index >= 15 is 0 Å². The number of hydrogen-bond acceptors (Lipinski definition) is 11. The van der Waals surface area contributed by atoms with E-state index in [0.717, 1.165) is 67.9 Å². The summed E-state index contributed by atoms with van der Waals surface area (Å²) in [6, 6.07) is 26.3. The largest absolute Gasteiger partial charge is 0.493 e. The molecule has 9 rings (SSSR count). The molecular weight excluding hydrogens is 811 g/mol. The minimum absolute atomic E-state index is 0.0439. The molecule has 2 atom stereocenters. The van der Waals surface area contributed by atoms with Crippen LogP contribution in [-0.4, -0.2) is 83.1 Å². The van der Waals surface area contributed by atoms with Gasteiger partial charge in [0.15, 0.2) is 11.5 Å². The average molecular weight is 864 g/mol. The summed E-state index contributed by atoms with van der Waals surface area (Å²) in [6.07, 6.45) is 5.22. The molecule has 14 heteroatoms. The number of aryl methyl sites for hydroxylation is 1. The van der Waals surface area contributed by atoms with Crippen molar-refractivity contribution in [3.8, 4) is 29.1 Å². The Labute approximate surface area is 372 Å². The van der Waals surface area contributed by atoms with Crippen LogP contribution in [0.4, 0.5) is 5.69 Å². The van der Waals surface area contributed by atoms with Crippen molar-refractivity contribution >= 4 is 40.2 Å². The number of carbonyl (C=O) groups is 4. The highest BCUT2D eigenvalue weighted by atomic mass is 16.5. The molecule has 4 amide bonds. The number of carbonyl (C=O) groups excluding carboxylic acids is 4. The van der Waals surface area contributed by atoms with Gasteiger partial charge in [0.05, 0.1) is 60.5 Å². The van der Waals surface area contributed by atoms with Crippen LogP contribution in [-0.2, 0) is 23.2 Å². The lowest BCUT2D eigenvalue weighted by Gasteiger charge is -2.41. The van der Waals surface area contributed by atoms with Crippen LogP contribution in [0.5, 0.6) is 23.0 Å². The van der Waals surface area contributed by atoms with Crippen molar-refractivity contribution in [2.24, 2.45) is 18.9 Å². The molecular formula is C50H53N7O7. The van der Waals surface area contributed by atoms with Gasteiger partial charge in [-0.1, -0.05) is 18.2 Å². The fourth-order valence-corrected chi connectivity index (χ4v) is 10.1. The number of nitrogens with one attached hydrogen (secondary N) is 1. The fraction of sp³-hybridized carbons (Fsp3) is 0.400. The molecule has 14 nitrogen and oxygen atoms in total. The quantitative estimate of drug-likeness (QED) is 0.116. The summed E-state index contributed by atoms with van der Waals surface area (Å²) in [5.74, 6) is 2.02. The van der Waals surface area contributed by atoms with Crippen molar-refractivity contribution in [3.63, 3.8) is 0 Å². The van der Waals surface area contributed by atoms with Crippen LogP contribution in [0.25, 0.3) is 10.9 Å². The number of imide groups is 2. The highest BCUT2D eigenvalue weighted by molar-refractivity contribution is 6.22. The third-order valence-electron chi connectivity index (χ3n) is 13.6. The maximum absolute atomic E-state index is 13.9. The number of nitrogens with zero attached hydrogens (tertiary/aromatic N) is 6. The Bertz CT molecular complexity index is 2640. The first-order chi connectivity index (χ1) is 31.1. The van der Waals surface area contributed by atoms with Crippen molar-refractivity contribution in [1.29, 1.82) is 5.26 Å². The number of piperidine rings is 3. The van der Waals surface area contributed by atoms with Gasteiger partial charge in [0.25, 0.3) is 11.8 Å². The number of anilines is 1. The third-order valence-corrected chi connectivity index (χ3v) is 13.6. The third kappa shape index (κ3) is 8.40. The second-order valence-corrected chi connectivity index (χ2v) is 17.3. The lowest BCUT2D eigenvalue weighted by molar-refractivity contribution is -0.134. The van der Waals surface area contributed by atoms with Gasteiger partial charge in [-0.15, -0.1) is 0 Å². The van der Waals surface area contributed by atoms with Crippen molar-refractivity contribution in [2.45, 2.75) is 70.4 Å². The normalized spacial score (nSPS) is 19.1. The predicted molar refractivity (Wildman–Crippen MR) is 239 cm³/mol. The maximum Gasteiger partial charge on any atom is 0.262 e. The molecule has 0 spiro atoms. The van der Waals surface area contributed by atoms with Crippen LogP contribution < -0.4 is 24.4 Å². The van der Waals surface area contributed by atoms with Crippen LogP contribution in [0.3, 0.4) is 0 Å². The van der Waals surface area contributed by atoms with Gasteiger partial charge in [0, 0.05) is 50.2 Å². The van der Waals surface area contributed by atoms with E-state index in [1.54, 1.807) is 36.1 Å². The molecule has 330 valence electrons. The lowest BCUT2D eigenvalue weighted by atomic mass is 9.78. The summed E-state index contributed by atoms with van der Waals surface area (Å²) in [6.45, 7) is 7.08. The zero-order chi connectivity index (χ0) is 44.5. The molecule has 64 heavy (non-hydrogen) atoms. The number of hydrogen-bond donors (Lipinski definition) is 1. The maximum atomic E-state index is 13.9. The summed E-state index contributed by atoms with van der Waals surface area (Å²) in [7, 11) is 3.40. The van der Waals surface area contributed by atoms with E-state index in [-0.39, 0.29) is 24.1 Å². The summed E-state index contributed by atoms with van der Waals surface area (Å²) in [4.78, 5) is 58.0. The molecule has 0 saturated carbocycles. The SMILES string of the molecule is CCOc1cc([C@@H](CC#N)N2C(=O)c3ccc(N4CCC(C5CCN(Cc6ccc(Oc7ccc8c(C9CCC(=O)NC9=O)nn(C)c8c7)cc6)CC5)CC4)cc3C2=O)ccc1OC. The Morgan fingerprint density at radius 3 is 2.23 bits per heavy atom. The highest BCUT2D eigenvalue weighted by Gasteiger charge is 2.42. The van der Waals surface area contributed by atoms with E-state index in [2.05, 4.69) is 38.4 Å². The first-order valence-electron chi connectivity index (χ1n) is 22.4. The number of amides is 4. The number of methoxy groups -OCH3 is 1. The molecule has 4 aromatic carbocycles. The number of aromatic nitrogens is 2. The smallest absolute Gasteiger partial charge is 0.262 e. The van der Waals surface area contributed by atoms with Crippen LogP contribution >= 0.6 is 0 Å². The van der Waals surface area contributed by atoms with Crippen molar-refractivity contribution in [2.75, 3.05) is 44.8 Å². The molecule has 3 saturated heterocycles. The predicted octanol–water partition coefficient (Wildman–Crippen LogP) is 7.67. The van der Waals surface area contributed by atoms with Crippen molar-refractivity contribution in [1.82, 2.24) is 24.9 Å². The summed E-state index contributed by atoms with van der Waals surface area (Å²) in [5.41, 5.74) is 5.11. The topological polar surface area (TPSA) is 159 Å². The molecule has 0 bridgehead atoms. The van der Waals surface area contributed by atoms with Gasteiger partial charge in [0.1, 0.15) is 11.5 Å². The van der Waals surface area contributed by atoms with E-state index in [9.17, 15) is 24.4 Å². The number of nitriles is 1. The van der Waals surface area contributed by atoms with E-state index in [4.69, 9.17) is 14.2 Å². The van der Waals surface area contributed by atoms with Gasteiger partial charge < -0.3 is 19.1 Å². The van der Waals surface area contributed by atoms with Gasteiger partial charge in [-0.3, -0.25) is 39.0 Å². The Balaban J connectivity index is 0.759. The summed E-state index contributed by atoms with van der Waals surface area (Å²) < 4.78 is 19.2. The Morgan fingerprint density at radius 1 is 0.812 bits per heavy atom. The van der Waals surface area contributed by atoms with Gasteiger partial charge >= 0.3 is 0 Å². The first kappa shape index (κ1) is 42.6. The number of likely N-dealkylation sites (tertiary alicyclic amines) is 1. The molecule has 1 N–H and O–H groups in total. The van der Waals surface area contributed by atoms with Crippen molar-refractivity contribution < 1.29 is 33.4 Å². The molecule has 5 aromatic rings. The van der Waals surface area contributed by atoms with Gasteiger partial charge in [-0.25, -0.2) is 0 Å². The second kappa shape index (κ2) is 18.2. The van der Waals surface area contributed by atoms with Gasteiger partial charge in [0.2, 0.25) is 11.8 Å². The van der Waals surface area contributed by atoms with Gasteiger partial charge in [-0.05, 0) is 130 Å². The minimum Gasteiger partial charge on any atom is -0.493 e. The summed E-state index contributed by atoms with van der Waals surface area (Å²) in [5, 5.41) is 17.7. The second-order valence-electron chi connectivity index (χ2n) is 17.3. The van der Waals surface area contributed by atoms with E-state index in [0.29, 0.717) is 70.9 Å². The van der Waals surface area contributed by atoms with Gasteiger partial charge in [-0.2, -0.15) is 10.4 Å². The average Bonchev–Trinajstić information content (AvgIpc) is 3.76. The first-order valence-corrected chi connectivity index (χ1v) is 22.4. The van der Waals surface area contributed by atoms with E-state index in [1.807, 2.05) is 56.4 Å². The van der Waals surface area contributed by atoms with Crippen LogP contribution in [0.15, 0.2) is 78.9 Å². The van der Waals surface area contributed by atoms with Crippen LogP contribution in [0.2, 0.25) is 0 Å². The molecule has 3 fully saturated rings. The molecule has 5 heterocycles. The molecule has 0 radical (unpaired) electrons. The lowest BCUT2D eigenvalue weighted by Crippen LogP contribution is -2.40. The fourth-order valence-electron chi connectivity index (χ4n) is 10.1. The molecule has 4 aliphatic rings. The Kier molecular flexibility index (Phi) is 12.1. The van der Waals surface area contributed by atoms with E-state index < -0.39 is 17.9 Å². The number of rotatable bonds is 13. The highest BCUT2D eigenvalue weighted by Crippen LogP contribution is 2.40. The molecule has 1 unspecified atom stereocenters. The minimum atomic E-state index is -0.763. The van der Waals surface area contributed by atoms with Crippen LogP contribution in [0, 0.1) is 23.2 Å². The Hall–Kier alpha value is -6.72.